The molecule has 1 amide bonds. The first-order valence-electron chi connectivity index (χ1n) is 8.81. The Kier molecular flexibility index (Phi) is 4.79. The van der Waals surface area contributed by atoms with Gasteiger partial charge in [0, 0.05) is 38.2 Å². The molecule has 1 atom stereocenters. The van der Waals surface area contributed by atoms with Gasteiger partial charge >= 0.3 is 5.97 Å². The lowest BCUT2D eigenvalue weighted by atomic mass is 9.93. The molecule has 0 saturated carbocycles. The Bertz CT molecular complexity index is 1000. The molecular formula is C19H17N5O4. The van der Waals surface area contributed by atoms with Crippen LogP contribution < -0.4 is 0 Å². The Labute approximate surface area is 160 Å². The second-order valence-corrected chi connectivity index (χ2v) is 6.43. The van der Waals surface area contributed by atoms with Gasteiger partial charge in [-0.1, -0.05) is 29.4 Å². The molecule has 1 unspecified atom stereocenters. The predicted octanol–water partition coefficient (Wildman–Crippen LogP) is 1.50. The van der Waals surface area contributed by atoms with Crippen molar-refractivity contribution in [1.82, 2.24) is 25.0 Å². The standard InChI is InChI=1S/C19H17N5O4/c25-16(7-6-15-22-18(23-28-15)17-20-8-3-9-21-17)24-11-13-5-2-1-4-12(13)10-14(24)19(26)27/h1-5,8-9,14H,6-7,10-11H2,(H,26,27). The van der Waals surface area contributed by atoms with Gasteiger partial charge in [0.25, 0.3) is 0 Å². The molecule has 2 aromatic heterocycles. The van der Waals surface area contributed by atoms with E-state index < -0.39 is 12.0 Å². The first kappa shape index (κ1) is 17.8. The molecule has 28 heavy (non-hydrogen) atoms. The molecule has 0 saturated heterocycles. The van der Waals surface area contributed by atoms with E-state index in [4.69, 9.17) is 4.52 Å². The summed E-state index contributed by atoms with van der Waals surface area (Å²) in [6.07, 6.45) is 3.73. The molecule has 0 fully saturated rings. The minimum Gasteiger partial charge on any atom is -0.480 e. The zero-order valence-corrected chi connectivity index (χ0v) is 14.9. The maximum Gasteiger partial charge on any atom is 0.326 e. The van der Waals surface area contributed by atoms with E-state index in [2.05, 4.69) is 20.1 Å². The number of nitrogens with zero attached hydrogens (tertiary/aromatic N) is 5. The van der Waals surface area contributed by atoms with Gasteiger partial charge in [-0.3, -0.25) is 4.79 Å². The normalized spacial score (nSPS) is 15.9. The van der Waals surface area contributed by atoms with Crippen molar-refractivity contribution in [3.63, 3.8) is 0 Å². The van der Waals surface area contributed by atoms with Gasteiger partial charge in [0.1, 0.15) is 6.04 Å². The highest BCUT2D eigenvalue weighted by atomic mass is 16.5. The second kappa shape index (κ2) is 7.55. The van der Waals surface area contributed by atoms with Crippen LogP contribution in [0.5, 0.6) is 0 Å². The highest BCUT2D eigenvalue weighted by Gasteiger charge is 2.34. The zero-order valence-electron chi connectivity index (χ0n) is 14.9. The number of carbonyl (C=O) groups is 2. The van der Waals surface area contributed by atoms with Crippen LogP contribution in [0.25, 0.3) is 11.6 Å². The smallest absolute Gasteiger partial charge is 0.326 e. The molecule has 0 aliphatic carbocycles. The summed E-state index contributed by atoms with van der Waals surface area (Å²) in [6, 6.07) is 8.38. The van der Waals surface area contributed by atoms with Crippen molar-refractivity contribution in [2.45, 2.75) is 31.8 Å². The highest BCUT2D eigenvalue weighted by Crippen LogP contribution is 2.24. The molecule has 1 aromatic carbocycles. The summed E-state index contributed by atoms with van der Waals surface area (Å²) in [5.41, 5.74) is 1.93. The van der Waals surface area contributed by atoms with Crippen LogP contribution >= 0.6 is 0 Å². The number of hydrogen-bond donors (Lipinski definition) is 1. The average molecular weight is 379 g/mol. The minimum atomic E-state index is -1.01. The van der Waals surface area contributed by atoms with Crippen LogP contribution in [0.4, 0.5) is 0 Å². The van der Waals surface area contributed by atoms with Crippen LogP contribution in [-0.2, 0) is 29.0 Å². The summed E-state index contributed by atoms with van der Waals surface area (Å²) in [6.45, 7) is 0.277. The van der Waals surface area contributed by atoms with Crippen molar-refractivity contribution in [3.05, 3.63) is 59.7 Å². The first-order valence-corrected chi connectivity index (χ1v) is 8.81. The number of fused-ring (bicyclic) bond motifs is 1. The number of aryl methyl sites for hydroxylation is 1. The van der Waals surface area contributed by atoms with Gasteiger partial charge in [-0.25, -0.2) is 14.8 Å². The van der Waals surface area contributed by atoms with Crippen LogP contribution in [0, 0.1) is 0 Å². The maximum absolute atomic E-state index is 12.7. The molecule has 3 heterocycles. The van der Waals surface area contributed by atoms with E-state index in [0.717, 1.165) is 11.1 Å². The van der Waals surface area contributed by atoms with Gasteiger partial charge in [-0.2, -0.15) is 4.98 Å². The Hall–Kier alpha value is -3.62. The number of hydrogen-bond acceptors (Lipinski definition) is 7. The van der Waals surface area contributed by atoms with E-state index >= 15 is 0 Å². The SMILES string of the molecule is O=C(O)C1Cc2ccccc2CN1C(=O)CCc1nc(-c2ncccn2)no1. The highest BCUT2D eigenvalue weighted by molar-refractivity contribution is 5.84. The number of rotatable bonds is 5. The Morgan fingerprint density at radius 3 is 2.61 bits per heavy atom. The molecular weight excluding hydrogens is 362 g/mol. The molecule has 142 valence electrons. The summed E-state index contributed by atoms with van der Waals surface area (Å²) in [5, 5.41) is 13.4. The first-order chi connectivity index (χ1) is 13.6. The molecule has 4 rings (SSSR count). The topological polar surface area (TPSA) is 122 Å². The lowest BCUT2D eigenvalue weighted by molar-refractivity contribution is -0.151. The van der Waals surface area contributed by atoms with E-state index in [1.165, 1.54) is 4.90 Å². The number of carbonyl (C=O) groups excluding carboxylic acids is 1. The fraction of sp³-hybridized carbons (Fsp3) is 0.263. The van der Waals surface area contributed by atoms with Crippen LogP contribution in [-0.4, -0.2) is 48.0 Å². The Morgan fingerprint density at radius 2 is 1.86 bits per heavy atom. The fourth-order valence-electron chi connectivity index (χ4n) is 3.22. The van der Waals surface area contributed by atoms with E-state index in [-0.39, 0.29) is 37.0 Å². The number of aromatic nitrogens is 4. The number of carboxylic acid groups (broad SMARTS) is 1. The summed E-state index contributed by atoms with van der Waals surface area (Å²) < 4.78 is 5.16. The summed E-state index contributed by atoms with van der Waals surface area (Å²) in [4.78, 5) is 38.1. The maximum atomic E-state index is 12.7. The minimum absolute atomic E-state index is 0.0726. The molecule has 0 radical (unpaired) electrons. The zero-order chi connectivity index (χ0) is 19.5. The third kappa shape index (κ3) is 3.59. The Morgan fingerprint density at radius 1 is 1.11 bits per heavy atom. The van der Waals surface area contributed by atoms with Gasteiger partial charge < -0.3 is 14.5 Å². The monoisotopic (exact) mass is 379 g/mol. The van der Waals surface area contributed by atoms with Crippen molar-refractivity contribution in [2.24, 2.45) is 0 Å². The van der Waals surface area contributed by atoms with Gasteiger partial charge in [-0.15, -0.1) is 0 Å². The largest absolute Gasteiger partial charge is 0.480 e. The summed E-state index contributed by atoms with van der Waals surface area (Å²) >= 11 is 0. The van der Waals surface area contributed by atoms with Gasteiger partial charge in [-0.05, 0) is 17.2 Å². The van der Waals surface area contributed by atoms with Gasteiger partial charge in [0.2, 0.25) is 23.4 Å². The van der Waals surface area contributed by atoms with Crippen molar-refractivity contribution in [1.29, 1.82) is 0 Å². The van der Waals surface area contributed by atoms with E-state index in [1.807, 2.05) is 24.3 Å². The molecule has 1 N–H and O–H groups in total. The van der Waals surface area contributed by atoms with Crippen molar-refractivity contribution >= 4 is 11.9 Å². The number of benzene rings is 1. The molecule has 1 aliphatic rings. The van der Waals surface area contributed by atoms with Crippen LogP contribution in [0.3, 0.4) is 0 Å². The van der Waals surface area contributed by atoms with Gasteiger partial charge in [0.15, 0.2) is 0 Å². The van der Waals surface area contributed by atoms with Crippen molar-refractivity contribution in [3.8, 4) is 11.6 Å². The van der Waals surface area contributed by atoms with Crippen LogP contribution in [0.2, 0.25) is 0 Å². The number of amides is 1. The number of carboxylic acids is 1. The third-order valence-electron chi connectivity index (χ3n) is 4.64. The van der Waals surface area contributed by atoms with Crippen LogP contribution in [0.15, 0.2) is 47.2 Å². The van der Waals surface area contributed by atoms with E-state index in [1.54, 1.807) is 18.5 Å². The molecule has 0 spiro atoms. The predicted molar refractivity (Wildman–Crippen MR) is 95.8 cm³/mol. The molecule has 0 bridgehead atoms. The third-order valence-corrected chi connectivity index (χ3v) is 4.64. The fourth-order valence-corrected chi connectivity index (χ4v) is 3.22. The Balaban J connectivity index is 1.44. The summed E-state index contributed by atoms with van der Waals surface area (Å²) in [7, 11) is 0. The summed E-state index contributed by atoms with van der Waals surface area (Å²) in [5.74, 6) is -0.414. The van der Waals surface area contributed by atoms with E-state index in [9.17, 15) is 14.7 Å². The molecule has 9 heteroatoms. The second-order valence-electron chi connectivity index (χ2n) is 6.43. The lowest BCUT2D eigenvalue weighted by Gasteiger charge is -2.34. The molecule has 9 nitrogen and oxygen atoms in total. The van der Waals surface area contributed by atoms with Crippen molar-refractivity contribution in [2.75, 3.05) is 0 Å². The van der Waals surface area contributed by atoms with Gasteiger partial charge in [0.05, 0.1) is 0 Å². The molecule has 1 aliphatic heterocycles. The quantitative estimate of drug-likeness (QED) is 0.707. The lowest BCUT2D eigenvalue weighted by Crippen LogP contribution is -2.48. The average Bonchev–Trinajstić information content (AvgIpc) is 3.20. The van der Waals surface area contributed by atoms with E-state index in [0.29, 0.717) is 12.2 Å². The van der Waals surface area contributed by atoms with Crippen molar-refractivity contribution < 1.29 is 19.2 Å². The number of aliphatic carboxylic acids is 1. The van der Waals surface area contributed by atoms with Crippen LogP contribution in [0.1, 0.15) is 23.4 Å². The molecule has 3 aromatic rings.